The van der Waals surface area contributed by atoms with Crippen LogP contribution in [-0.4, -0.2) is 49.0 Å². The lowest BCUT2D eigenvalue weighted by atomic mass is 10.3. The molecule has 0 aromatic carbocycles. The van der Waals surface area contributed by atoms with E-state index in [0.29, 0.717) is 13.1 Å². The van der Waals surface area contributed by atoms with E-state index in [2.05, 4.69) is 4.74 Å². The third-order valence-corrected chi connectivity index (χ3v) is 2.37. The van der Waals surface area contributed by atoms with Crippen molar-refractivity contribution in [3.05, 3.63) is 0 Å². The van der Waals surface area contributed by atoms with Crippen molar-refractivity contribution in [1.29, 1.82) is 0 Å². The Labute approximate surface area is 106 Å². The van der Waals surface area contributed by atoms with Gasteiger partial charge in [0.25, 0.3) is 6.10 Å². The molecule has 19 heavy (non-hydrogen) atoms. The molecule has 0 fully saturated rings. The van der Waals surface area contributed by atoms with Gasteiger partial charge in [-0.15, -0.1) is 0 Å². The first kappa shape index (κ1) is 18.0. The Balaban J connectivity index is 4.50. The Morgan fingerprint density at radius 2 is 1.47 bits per heavy atom. The number of hydrogen-bond donors (Lipinski definition) is 0. The van der Waals surface area contributed by atoms with Crippen molar-refractivity contribution in [2.75, 3.05) is 19.6 Å². The van der Waals surface area contributed by atoms with Crippen molar-refractivity contribution in [1.82, 2.24) is 4.90 Å². The SMILES string of the molecule is CCN(CC)CCC(=O)OC(C(F)(F)F)C(F)(F)F. The fourth-order valence-corrected chi connectivity index (χ4v) is 1.30. The minimum atomic E-state index is -5.66. The van der Waals surface area contributed by atoms with Gasteiger partial charge in [-0.2, -0.15) is 26.3 Å². The molecule has 0 aliphatic rings. The molecule has 0 saturated carbocycles. The summed E-state index contributed by atoms with van der Waals surface area (Å²) in [5.74, 6) is -1.52. The maximum absolute atomic E-state index is 12.1. The van der Waals surface area contributed by atoms with E-state index >= 15 is 0 Å². The number of rotatable bonds is 6. The molecular weight excluding hydrogens is 280 g/mol. The first-order valence-electron chi connectivity index (χ1n) is 5.57. The van der Waals surface area contributed by atoms with E-state index in [0.717, 1.165) is 0 Å². The third-order valence-electron chi connectivity index (χ3n) is 2.37. The Morgan fingerprint density at radius 3 is 1.79 bits per heavy atom. The molecule has 0 aliphatic carbocycles. The van der Waals surface area contributed by atoms with E-state index in [1.165, 1.54) is 0 Å². The third kappa shape index (κ3) is 6.65. The van der Waals surface area contributed by atoms with Gasteiger partial charge in [0.15, 0.2) is 0 Å². The molecule has 0 spiro atoms. The van der Waals surface area contributed by atoms with Gasteiger partial charge in [0, 0.05) is 6.54 Å². The van der Waals surface area contributed by atoms with Crippen molar-refractivity contribution >= 4 is 5.97 Å². The number of carbonyl (C=O) groups excluding carboxylic acids is 1. The topological polar surface area (TPSA) is 29.5 Å². The second-order valence-electron chi connectivity index (χ2n) is 3.73. The Bertz CT molecular complexity index is 271. The summed E-state index contributed by atoms with van der Waals surface area (Å²) >= 11 is 0. The molecule has 0 amide bonds. The first-order chi connectivity index (χ1) is 8.52. The zero-order valence-electron chi connectivity index (χ0n) is 10.4. The number of carbonyl (C=O) groups is 1. The molecule has 0 radical (unpaired) electrons. The number of alkyl halides is 6. The second-order valence-corrected chi connectivity index (χ2v) is 3.73. The van der Waals surface area contributed by atoms with Crippen molar-refractivity contribution in [2.24, 2.45) is 0 Å². The average molecular weight is 295 g/mol. The van der Waals surface area contributed by atoms with Crippen molar-refractivity contribution in [3.8, 4) is 0 Å². The minimum absolute atomic E-state index is 0.0499. The fraction of sp³-hybridized carbons (Fsp3) is 0.900. The summed E-state index contributed by atoms with van der Waals surface area (Å²) in [4.78, 5) is 12.7. The number of hydrogen-bond acceptors (Lipinski definition) is 3. The Hall–Kier alpha value is -0.990. The lowest BCUT2D eigenvalue weighted by Crippen LogP contribution is -2.45. The Kier molecular flexibility index (Phi) is 6.61. The number of halogens is 6. The predicted molar refractivity (Wildman–Crippen MR) is 54.4 cm³/mol. The van der Waals surface area contributed by atoms with Crippen molar-refractivity contribution in [2.45, 2.75) is 38.7 Å². The minimum Gasteiger partial charge on any atom is -0.443 e. The van der Waals surface area contributed by atoms with Crippen LogP contribution in [0.3, 0.4) is 0 Å². The molecule has 0 aromatic rings. The standard InChI is InChI=1S/C10H15F6NO2/c1-3-17(4-2)6-5-7(18)19-8(9(11,12)13)10(14,15)16/h8H,3-6H2,1-2H3. The number of ether oxygens (including phenoxy) is 1. The highest BCUT2D eigenvalue weighted by Crippen LogP contribution is 2.35. The monoisotopic (exact) mass is 295 g/mol. The molecule has 0 N–H and O–H groups in total. The van der Waals surface area contributed by atoms with Crippen LogP contribution in [0.5, 0.6) is 0 Å². The summed E-state index contributed by atoms with van der Waals surface area (Å²) in [6.45, 7) is 4.62. The summed E-state index contributed by atoms with van der Waals surface area (Å²) < 4.78 is 76.1. The van der Waals surface area contributed by atoms with Crippen LogP contribution in [0.15, 0.2) is 0 Å². The highest BCUT2D eigenvalue weighted by atomic mass is 19.4. The quantitative estimate of drug-likeness (QED) is 0.557. The van der Waals surface area contributed by atoms with Gasteiger partial charge in [0.05, 0.1) is 6.42 Å². The van der Waals surface area contributed by atoms with Crippen LogP contribution in [0.1, 0.15) is 20.3 Å². The van der Waals surface area contributed by atoms with E-state index in [9.17, 15) is 31.1 Å². The predicted octanol–water partition coefficient (Wildman–Crippen LogP) is 2.75. The lowest BCUT2D eigenvalue weighted by molar-refractivity contribution is -0.313. The molecule has 0 heterocycles. The highest BCUT2D eigenvalue weighted by molar-refractivity contribution is 5.69. The van der Waals surface area contributed by atoms with Gasteiger partial charge in [-0.25, -0.2) is 0 Å². The lowest BCUT2D eigenvalue weighted by Gasteiger charge is -2.23. The molecule has 0 bridgehead atoms. The summed E-state index contributed by atoms with van der Waals surface area (Å²) in [5.41, 5.74) is 0. The normalized spacial score (nSPS) is 13.2. The van der Waals surface area contributed by atoms with Crippen LogP contribution in [0, 0.1) is 0 Å². The molecule has 0 rings (SSSR count). The molecule has 0 aromatic heterocycles. The van der Waals surface area contributed by atoms with Crippen LogP contribution >= 0.6 is 0 Å². The van der Waals surface area contributed by atoms with Gasteiger partial charge in [-0.3, -0.25) is 4.79 Å². The molecular formula is C10H15F6NO2. The van der Waals surface area contributed by atoms with E-state index in [4.69, 9.17) is 0 Å². The van der Waals surface area contributed by atoms with Gasteiger partial charge >= 0.3 is 18.3 Å². The number of esters is 1. The Morgan fingerprint density at radius 1 is 1.05 bits per heavy atom. The molecule has 0 atom stereocenters. The largest absolute Gasteiger partial charge is 0.443 e. The molecule has 9 heteroatoms. The van der Waals surface area contributed by atoms with Gasteiger partial charge < -0.3 is 9.64 Å². The van der Waals surface area contributed by atoms with E-state index < -0.39 is 30.8 Å². The smallest absolute Gasteiger partial charge is 0.434 e. The second kappa shape index (κ2) is 6.97. The van der Waals surface area contributed by atoms with Crippen LogP contribution in [0.25, 0.3) is 0 Å². The average Bonchev–Trinajstić information content (AvgIpc) is 2.24. The zero-order valence-corrected chi connectivity index (χ0v) is 10.4. The van der Waals surface area contributed by atoms with Crippen LogP contribution in [0.2, 0.25) is 0 Å². The maximum Gasteiger partial charge on any atom is 0.434 e. The molecule has 3 nitrogen and oxygen atoms in total. The van der Waals surface area contributed by atoms with Gasteiger partial charge in [0.1, 0.15) is 0 Å². The van der Waals surface area contributed by atoms with Gasteiger partial charge in [0.2, 0.25) is 0 Å². The van der Waals surface area contributed by atoms with Crippen LogP contribution < -0.4 is 0 Å². The summed E-state index contributed by atoms with van der Waals surface area (Å²) in [6, 6.07) is 0. The molecule has 0 unspecified atom stereocenters. The van der Waals surface area contributed by atoms with Crippen LogP contribution in [-0.2, 0) is 9.53 Å². The first-order valence-corrected chi connectivity index (χ1v) is 5.57. The van der Waals surface area contributed by atoms with Crippen molar-refractivity contribution < 1.29 is 35.9 Å². The fourth-order valence-electron chi connectivity index (χ4n) is 1.30. The van der Waals surface area contributed by atoms with E-state index in [1.54, 1.807) is 18.7 Å². The maximum atomic E-state index is 12.1. The summed E-state index contributed by atoms with van der Waals surface area (Å²) in [5, 5.41) is 0. The van der Waals surface area contributed by atoms with Crippen LogP contribution in [0.4, 0.5) is 26.3 Å². The van der Waals surface area contributed by atoms with Gasteiger partial charge in [-0.1, -0.05) is 13.8 Å². The van der Waals surface area contributed by atoms with E-state index in [-0.39, 0.29) is 6.54 Å². The molecule has 0 saturated heterocycles. The summed E-state index contributed by atoms with van der Waals surface area (Å²) in [6.07, 6.45) is -15.9. The zero-order chi connectivity index (χ0) is 15.3. The number of nitrogens with zero attached hydrogens (tertiary/aromatic N) is 1. The van der Waals surface area contributed by atoms with Crippen molar-refractivity contribution in [3.63, 3.8) is 0 Å². The molecule has 114 valence electrons. The summed E-state index contributed by atoms with van der Waals surface area (Å²) in [7, 11) is 0. The highest BCUT2D eigenvalue weighted by Gasteiger charge is 2.59. The van der Waals surface area contributed by atoms with E-state index in [1.807, 2.05) is 0 Å². The molecule has 0 aliphatic heterocycles. The van der Waals surface area contributed by atoms with Gasteiger partial charge in [-0.05, 0) is 13.1 Å².